The molecule has 1 nitrogen and oxygen atoms in total. The molecule has 0 saturated carbocycles. The van der Waals surface area contributed by atoms with Crippen molar-refractivity contribution in [2.75, 3.05) is 0 Å². The molecule has 0 amide bonds. The molecule has 0 aliphatic carbocycles. The van der Waals surface area contributed by atoms with Gasteiger partial charge in [0.15, 0.2) is 5.78 Å². The average Bonchev–Trinajstić information content (AvgIpc) is 2.43. The van der Waals surface area contributed by atoms with Crippen molar-refractivity contribution in [2.45, 2.75) is 20.8 Å². The van der Waals surface area contributed by atoms with E-state index in [2.05, 4.69) is 15.9 Å². The summed E-state index contributed by atoms with van der Waals surface area (Å²) in [6.07, 6.45) is 1.92. The number of halogens is 1. The quantitative estimate of drug-likeness (QED) is 0.548. The molecule has 0 radical (unpaired) electrons. The predicted octanol–water partition coefficient (Wildman–Crippen LogP) is 5.35. The Morgan fingerprint density at radius 3 is 2.50 bits per heavy atom. The number of allylic oxidation sites excluding steroid dienone is 1. The zero-order valence-electron chi connectivity index (χ0n) is 11.9. The van der Waals surface area contributed by atoms with Crippen molar-refractivity contribution in [1.29, 1.82) is 0 Å². The van der Waals surface area contributed by atoms with Crippen molar-refractivity contribution in [3.8, 4) is 0 Å². The van der Waals surface area contributed by atoms with Gasteiger partial charge in [0.2, 0.25) is 0 Å². The van der Waals surface area contributed by atoms with Gasteiger partial charge in [-0.2, -0.15) is 0 Å². The molecular weight excluding hydrogens is 312 g/mol. The van der Waals surface area contributed by atoms with Crippen molar-refractivity contribution >= 4 is 27.8 Å². The third-order valence-corrected chi connectivity index (χ3v) is 4.00. The van der Waals surface area contributed by atoms with E-state index in [1.165, 1.54) is 0 Å². The van der Waals surface area contributed by atoms with Crippen LogP contribution in [-0.2, 0) is 0 Å². The van der Waals surface area contributed by atoms with E-state index in [1.54, 1.807) is 0 Å². The standard InChI is InChI=1S/C18H17BrO/c1-12-8-9-13(2)16(10-12)18(20)14(3)11-15-6-4-5-7-17(15)19/h4-11H,1-3H3. The molecule has 0 aromatic heterocycles. The van der Waals surface area contributed by atoms with E-state index in [4.69, 9.17) is 0 Å². The molecule has 0 saturated heterocycles. The highest BCUT2D eigenvalue weighted by Crippen LogP contribution is 2.21. The molecule has 0 fully saturated rings. The number of carbonyl (C=O) groups excluding carboxylic acids is 1. The van der Waals surface area contributed by atoms with Crippen LogP contribution < -0.4 is 0 Å². The summed E-state index contributed by atoms with van der Waals surface area (Å²) >= 11 is 3.50. The highest BCUT2D eigenvalue weighted by Gasteiger charge is 2.11. The van der Waals surface area contributed by atoms with Gasteiger partial charge in [0.25, 0.3) is 0 Å². The van der Waals surface area contributed by atoms with Gasteiger partial charge < -0.3 is 0 Å². The van der Waals surface area contributed by atoms with Crippen LogP contribution in [-0.4, -0.2) is 5.78 Å². The minimum Gasteiger partial charge on any atom is -0.289 e. The monoisotopic (exact) mass is 328 g/mol. The van der Waals surface area contributed by atoms with E-state index in [9.17, 15) is 4.79 Å². The maximum Gasteiger partial charge on any atom is 0.189 e. The average molecular weight is 329 g/mol. The van der Waals surface area contributed by atoms with E-state index >= 15 is 0 Å². The van der Waals surface area contributed by atoms with Crippen LogP contribution in [0.15, 0.2) is 52.5 Å². The Balaban J connectivity index is 2.38. The minimum atomic E-state index is 0.0851. The Morgan fingerprint density at radius 2 is 1.80 bits per heavy atom. The van der Waals surface area contributed by atoms with E-state index in [0.717, 1.165) is 32.3 Å². The van der Waals surface area contributed by atoms with E-state index in [1.807, 2.05) is 69.3 Å². The minimum absolute atomic E-state index is 0.0851. The molecule has 2 rings (SSSR count). The molecule has 2 aromatic rings. The number of Topliss-reactive ketones (excluding diaryl/α,β-unsaturated/α-hetero) is 1. The molecule has 2 heteroatoms. The highest BCUT2D eigenvalue weighted by atomic mass is 79.9. The van der Waals surface area contributed by atoms with E-state index in [0.29, 0.717) is 0 Å². The predicted molar refractivity (Wildman–Crippen MR) is 88.0 cm³/mol. The van der Waals surface area contributed by atoms with Crippen molar-refractivity contribution in [3.63, 3.8) is 0 Å². The van der Waals surface area contributed by atoms with Crippen LogP contribution in [0.4, 0.5) is 0 Å². The summed E-state index contributed by atoms with van der Waals surface area (Å²) < 4.78 is 0.994. The van der Waals surface area contributed by atoms with Gasteiger partial charge in [-0.1, -0.05) is 51.8 Å². The van der Waals surface area contributed by atoms with Gasteiger partial charge in [0.05, 0.1) is 0 Å². The summed E-state index contributed by atoms with van der Waals surface area (Å²) in [5.74, 6) is 0.0851. The fourth-order valence-corrected chi connectivity index (χ4v) is 2.48. The largest absolute Gasteiger partial charge is 0.289 e. The summed E-state index contributed by atoms with van der Waals surface area (Å²) in [7, 11) is 0. The maximum atomic E-state index is 12.5. The van der Waals surface area contributed by atoms with E-state index in [-0.39, 0.29) is 5.78 Å². The molecule has 102 valence electrons. The first kappa shape index (κ1) is 14.7. The lowest BCUT2D eigenvalue weighted by Gasteiger charge is -2.07. The van der Waals surface area contributed by atoms with Gasteiger partial charge >= 0.3 is 0 Å². The third-order valence-electron chi connectivity index (χ3n) is 3.27. The molecule has 2 aromatic carbocycles. The Kier molecular flexibility index (Phi) is 4.56. The summed E-state index contributed by atoms with van der Waals surface area (Å²) in [5.41, 5.74) is 4.66. The highest BCUT2D eigenvalue weighted by molar-refractivity contribution is 9.10. The number of benzene rings is 2. The molecule has 0 aliphatic rings. The van der Waals surface area contributed by atoms with Crippen LogP contribution in [0.5, 0.6) is 0 Å². The fourth-order valence-electron chi connectivity index (χ4n) is 2.08. The molecule has 0 aliphatic heterocycles. The first-order valence-electron chi connectivity index (χ1n) is 6.54. The molecule has 0 spiro atoms. The second kappa shape index (κ2) is 6.19. The topological polar surface area (TPSA) is 17.1 Å². The third kappa shape index (κ3) is 3.26. The maximum absolute atomic E-state index is 12.5. The summed E-state index contributed by atoms with van der Waals surface area (Å²) in [4.78, 5) is 12.5. The number of hydrogen-bond acceptors (Lipinski definition) is 1. The fraction of sp³-hybridized carbons (Fsp3) is 0.167. The molecule has 0 unspecified atom stereocenters. The summed E-state index contributed by atoms with van der Waals surface area (Å²) in [6.45, 7) is 5.84. The van der Waals surface area contributed by atoms with Gasteiger partial charge in [0.1, 0.15) is 0 Å². The Labute approximate surface area is 128 Å². The molecule has 0 N–H and O–H groups in total. The molecule has 0 bridgehead atoms. The number of hydrogen-bond donors (Lipinski definition) is 0. The summed E-state index contributed by atoms with van der Waals surface area (Å²) in [6, 6.07) is 13.9. The lowest BCUT2D eigenvalue weighted by atomic mass is 9.97. The lowest BCUT2D eigenvalue weighted by Crippen LogP contribution is -2.03. The number of rotatable bonds is 3. The Bertz CT molecular complexity index is 684. The molecule has 0 heterocycles. The van der Waals surface area contributed by atoms with Crippen molar-refractivity contribution in [2.24, 2.45) is 0 Å². The smallest absolute Gasteiger partial charge is 0.189 e. The van der Waals surface area contributed by atoms with Crippen LogP contribution in [0.3, 0.4) is 0 Å². The van der Waals surface area contributed by atoms with Crippen LogP contribution in [0.1, 0.15) is 34.0 Å². The van der Waals surface area contributed by atoms with E-state index < -0.39 is 0 Å². The second-order valence-corrected chi connectivity index (χ2v) is 5.85. The first-order valence-corrected chi connectivity index (χ1v) is 7.33. The van der Waals surface area contributed by atoms with Crippen molar-refractivity contribution in [3.05, 3.63) is 74.8 Å². The van der Waals surface area contributed by atoms with Crippen molar-refractivity contribution < 1.29 is 4.79 Å². The SMILES string of the molecule is CC(=Cc1ccccc1Br)C(=O)c1cc(C)ccc1C. The van der Waals surface area contributed by atoms with Gasteiger partial charge in [0, 0.05) is 10.0 Å². The Hall–Kier alpha value is -1.67. The van der Waals surface area contributed by atoms with Gasteiger partial charge in [-0.25, -0.2) is 0 Å². The van der Waals surface area contributed by atoms with Crippen LogP contribution in [0.2, 0.25) is 0 Å². The molecule has 20 heavy (non-hydrogen) atoms. The van der Waals surface area contributed by atoms with Crippen LogP contribution in [0.25, 0.3) is 6.08 Å². The molecular formula is C18H17BrO. The number of carbonyl (C=O) groups is 1. The zero-order valence-corrected chi connectivity index (χ0v) is 13.5. The van der Waals surface area contributed by atoms with Crippen LogP contribution >= 0.6 is 15.9 Å². The van der Waals surface area contributed by atoms with Gasteiger partial charge in [-0.15, -0.1) is 0 Å². The molecule has 0 atom stereocenters. The Morgan fingerprint density at radius 1 is 1.10 bits per heavy atom. The first-order chi connectivity index (χ1) is 9.49. The van der Waals surface area contributed by atoms with Crippen LogP contribution in [0, 0.1) is 13.8 Å². The zero-order chi connectivity index (χ0) is 14.7. The second-order valence-electron chi connectivity index (χ2n) is 5.00. The number of aryl methyl sites for hydroxylation is 2. The lowest BCUT2D eigenvalue weighted by molar-refractivity contribution is 0.103. The normalized spacial score (nSPS) is 11.5. The number of ketones is 1. The van der Waals surface area contributed by atoms with Gasteiger partial charge in [-0.3, -0.25) is 4.79 Å². The summed E-state index contributed by atoms with van der Waals surface area (Å²) in [5, 5.41) is 0. The van der Waals surface area contributed by atoms with Gasteiger partial charge in [-0.05, 0) is 55.7 Å². The van der Waals surface area contributed by atoms with Crippen molar-refractivity contribution in [1.82, 2.24) is 0 Å².